The highest BCUT2D eigenvalue weighted by atomic mass is 16.5. The molecule has 1 heterocycles. The second-order valence-electron chi connectivity index (χ2n) is 9.07. The summed E-state index contributed by atoms with van der Waals surface area (Å²) in [5, 5.41) is 0. The second-order valence-corrected chi connectivity index (χ2v) is 9.07. The summed E-state index contributed by atoms with van der Waals surface area (Å²) in [6.07, 6.45) is 3.59. The minimum Gasteiger partial charge on any atom is -0.490 e. The molecule has 0 N–H and O–H groups in total. The lowest BCUT2D eigenvalue weighted by Crippen LogP contribution is -2.22. The largest absolute Gasteiger partial charge is 0.490 e. The summed E-state index contributed by atoms with van der Waals surface area (Å²) < 4.78 is 6.02. The van der Waals surface area contributed by atoms with Gasteiger partial charge in [0.05, 0.1) is 11.6 Å². The number of para-hydroxylation sites is 3. The average molecular weight is 489 g/mol. The van der Waals surface area contributed by atoms with Crippen molar-refractivity contribution < 1.29 is 9.53 Å². The minimum absolute atomic E-state index is 0.0646. The highest BCUT2D eigenvalue weighted by Gasteiger charge is 2.31. The standard InChI is InChI=1S/C33H32N2O2/c1-3-34(4-2)31-17-11-16-29-30(24-37-33(29)31)32(36)23-20-25-18-21-28(22-19-25)35(26-12-7-5-8-13-26)27-14-9-6-10-15-27/h5-23,30H,3-4,24H2,1-2H3. The number of ketones is 1. The molecule has 1 atom stereocenters. The second kappa shape index (κ2) is 11.2. The molecular formula is C33H32N2O2. The molecule has 1 aliphatic rings. The fourth-order valence-corrected chi connectivity index (χ4v) is 4.91. The Hall–Kier alpha value is -4.31. The highest BCUT2D eigenvalue weighted by Crippen LogP contribution is 2.42. The maximum Gasteiger partial charge on any atom is 0.166 e. The molecule has 186 valence electrons. The smallest absolute Gasteiger partial charge is 0.166 e. The zero-order valence-electron chi connectivity index (χ0n) is 21.4. The molecular weight excluding hydrogens is 456 g/mol. The lowest BCUT2D eigenvalue weighted by atomic mass is 9.95. The molecule has 37 heavy (non-hydrogen) atoms. The Morgan fingerprint density at radius 3 is 1.97 bits per heavy atom. The Balaban J connectivity index is 1.35. The number of nitrogens with zero attached hydrogens (tertiary/aromatic N) is 2. The molecule has 5 rings (SSSR count). The van der Waals surface area contributed by atoms with Gasteiger partial charge in [-0.2, -0.15) is 0 Å². The third-order valence-corrected chi connectivity index (χ3v) is 6.86. The van der Waals surface area contributed by atoms with Crippen LogP contribution in [0.1, 0.15) is 30.9 Å². The Morgan fingerprint density at radius 2 is 1.38 bits per heavy atom. The number of anilines is 4. The van der Waals surface area contributed by atoms with E-state index in [2.05, 4.69) is 78.2 Å². The molecule has 1 aliphatic heterocycles. The predicted molar refractivity (Wildman–Crippen MR) is 153 cm³/mol. The molecule has 4 aromatic carbocycles. The number of allylic oxidation sites excluding steroid dienone is 1. The van der Waals surface area contributed by atoms with Crippen LogP contribution in [0.4, 0.5) is 22.7 Å². The van der Waals surface area contributed by atoms with E-state index in [9.17, 15) is 4.79 Å². The lowest BCUT2D eigenvalue weighted by Gasteiger charge is -2.25. The predicted octanol–water partition coefficient (Wildman–Crippen LogP) is 7.76. The van der Waals surface area contributed by atoms with Crippen LogP contribution in [-0.2, 0) is 4.79 Å². The van der Waals surface area contributed by atoms with Crippen molar-refractivity contribution >= 4 is 34.6 Å². The Morgan fingerprint density at radius 1 is 0.784 bits per heavy atom. The topological polar surface area (TPSA) is 32.8 Å². The molecule has 0 amide bonds. The molecule has 0 radical (unpaired) electrons. The molecule has 0 fully saturated rings. The van der Waals surface area contributed by atoms with Crippen LogP contribution in [0, 0.1) is 0 Å². The van der Waals surface area contributed by atoms with Gasteiger partial charge < -0.3 is 14.5 Å². The van der Waals surface area contributed by atoms with E-state index in [1.165, 1.54) is 0 Å². The number of hydrogen-bond donors (Lipinski definition) is 0. The Bertz CT molecular complexity index is 1320. The number of hydrogen-bond acceptors (Lipinski definition) is 4. The van der Waals surface area contributed by atoms with Crippen molar-refractivity contribution in [1.82, 2.24) is 0 Å². The summed E-state index contributed by atoms with van der Waals surface area (Å²) in [5.41, 5.74) is 6.28. The van der Waals surface area contributed by atoms with Gasteiger partial charge in [0.15, 0.2) is 5.78 Å². The summed E-state index contributed by atoms with van der Waals surface area (Å²) in [7, 11) is 0. The molecule has 0 aromatic heterocycles. The van der Waals surface area contributed by atoms with Gasteiger partial charge in [0.2, 0.25) is 0 Å². The van der Waals surface area contributed by atoms with E-state index in [4.69, 9.17) is 4.74 Å². The van der Waals surface area contributed by atoms with E-state index in [-0.39, 0.29) is 11.7 Å². The first-order valence-electron chi connectivity index (χ1n) is 12.9. The first-order valence-corrected chi connectivity index (χ1v) is 12.9. The molecule has 0 aliphatic carbocycles. The zero-order chi connectivity index (χ0) is 25.6. The van der Waals surface area contributed by atoms with Crippen molar-refractivity contribution in [2.75, 3.05) is 29.5 Å². The molecule has 0 saturated heterocycles. The third-order valence-electron chi connectivity index (χ3n) is 6.86. The number of fused-ring (bicyclic) bond motifs is 1. The fourth-order valence-electron chi connectivity index (χ4n) is 4.91. The monoisotopic (exact) mass is 488 g/mol. The fraction of sp³-hybridized carbons (Fsp3) is 0.182. The van der Waals surface area contributed by atoms with Gasteiger partial charge in [0, 0.05) is 35.7 Å². The average Bonchev–Trinajstić information content (AvgIpc) is 3.40. The minimum atomic E-state index is -0.271. The number of ether oxygens (including phenoxy) is 1. The van der Waals surface area contributed by atoms with Gasteiger partial charge in [-0.15, -0.1) is 0 Å². The van der Waals surface area contributed by atoms with Crippen LogP contribution in [0.15, 0.2) is 109 Å². The Labute approximate surface area is 219 Å². The summed E-state index contributed by atoms with van der Waals surface area (Å²) in [6, 6.07) is 35.0. The molecule has 1 unspecified atom stereocenters. The van der Waals surface area contributed by atoms with Gasteiger partial charge in [-0.05, 0) is 68.0 Å². The number of benzene rings is 4. The van der Waals surface area contributed by atoms with E-state index >= 15 is 0 Å². The molecule has 4 nitrogen and oxygen atoms in total. The molecule has 4 heteroatoms. The van der Waals surface area contributed by atoms with E-state index in [0.29, 0.717) is 6.61 Å². The van der Waals surface area contributed by atoms with E-state index in [0.717, 1.165) is 52.7 Å². The van der Waals surface area contributed by atoms with Crippen LogP contribution < -0.4 is 14.5 Å². The first-order chi connectivity index (χ1) is 18.2. The molecule has 0 saturated carbocycles. The van der Waals surface area contributed by atoms with Crippen LogP contribution in [0.3, 0.4) is 0 Å². The van der Waals surface area contributed by atoms with Crippen molar-refractivity contribution in [3.05, 3.63) is 120 Å². The van der Waals surface area contributed by atoms with Crippen molar-refractivity contribution in [2.24, 2.45) is 0 Å². The zero-order valence-corrected chi connectivity index (χ0v) is 21.4. The summed E-state index contributed by atoms with van der Waals surface area (Å²) in [6.45, 7) is 6.45. The quantitative estimate of drug-likeness (QED) is 0.225. The van der Waals surface area contributed by atoms with Gasteiger partial charge in [0.1, 0.15) is 12.4 Å². The van der Waals surface area contributed by atoms with Crippen LogP contribution >= 0.6 is 0 Å². The van der Waals surface area contributed by atoms with Crippen LogP contribution in [0.2, 0.25) is 0 Å². The Kier molecular flexibility index (Phi) is 7.36. The van der Waals surface area contributed by atoms with Gasteiger partial charge >= 0.3 is 0 Å². The van der Waals surface area contributed by atoms with E-state index < -0.39 is 0 Å². The number of rotatable bonds is 9. The normalized spacial score (nSPS) is 14.3. The van der Waals surface area contributed by atoms with Crippen molar-refractivity contribution in [1.29, 1.82) is 0 Å². The summed E-state index contributed by atoms with van der Waals surface area (Å²) in [4.78, 5) is 17.6. The van der Waals surface area contributed by atoms with Crippen molar-refractivity contribution in [3.8, 4) is 5.75 Å². The van der Waals surface area contributed by atoms with Crippen molar-refractivity contribution in [3.63, 3.8) is 0 Å². The number of carbonyl (C=O) groups is 1. The maximum absolute atomic E-state index is 13.2. The van der Waals surface area contributed by atoms with Gasteiger partial charge in [0.25, 0.3) is 0 Å². The lowest BCUT2D eigenvalue weighted by molar-refractivity contribution is -0.116. The molecule has 0 bridgehead atoms. The van der Waals surface area contributed by atoms with Crippen LogP contribution in [0.25, 0.3) is 6.08 Å². The van der Waals surface area contributed by atoms with Gasteiger partial charge in [-0.25, -0.2) is 0 Å². The van der Waals surface area contributed by atoms with Crippen molar-refractivity contribution in [2.45, 2.75) is 19.8 Å². The first kappa shape index (κ1) is 24.4. The molecule has 0 spiro atoms. The van der Waals surface area contributed by atoms with Gasteiger partial charge in [-0.1, -0.05) is 66.7 Å². The SMILES string of the molecule is CCN(CC)c1cccc2c1OCC2C(=O)C=Cc1ccc(N(c2ccccc2)c2ccccc2)cc1. The third kappa shape index (κ3) is 5.14. The maximum atomic E-state index is 13.2. The number of carbonyl (C=O) groups excluding carboxylic acids is 1. The summed E-state index contributed by atoms with van der Waals surface area (Å²) >= 11 is 0. The van der Waals surface area contributed by atoms with Crippen LogP contribution in [-0.4, -0.2) is 25.5 Å². The highest BCUT2D eigenvalue weighted by molar-refractivity contribution is 6.00. The van der Waals surface area contributed by atoms with Crippen LogP contribution in [0.5, 0.6) is 5.75 Å². The molecule has 4 aromatic rings. The summed E-state index contributed by atoms with van der Waals surface area (Å²) in [5.74, 6) is 0.645. The van der Waals surface area contributed by atoms with E-state index in [1.54, 1.807) is 6.08 Å². The van der Waals surface area contributed by atoms with E-state index in [1.807, 2.05) is 54.6 Å². The van der Waals surface area contributed by atoms with Gasteiger partial charge in [-0.3, -0.25) is 4.79 Å².